The molecule has 38 heavy (non-hydrogen) atoms. The van der Waals surface area contributed by atoms with Gasteiger partial charge in [0.05, 0.1) is 26.2 Å². The lowest BCUT2D eigenvalue weighted by Crippen LogP contribution is -2.22. The van der Waals surface area contributed by atoms with Crippen LogP contribution in [-0.4, -0.2) is 54.0 Å². The maximum Gasteiger partial charge on any atom is 0.405 e. The monoisotopic (exact) mass is 526 g/mol. The van der Waals surface area contributed by atoms with Crippen LogP contribution in [0.4, 0.5) is 24.9 Å². The van der Waals surface area contributed by atoms with Crippen molar-refractivity contribution < 1.29 is 24.8 Å². The predicted octanol–water partition coefficient (Wildman–Crippen LogP) is 4.65. The summed E-state index contributed by atoms with van der Waals surface area (Å²) < 4.78 is 82.6. The van der Waals surface area contributed by atoms with Crippen molar-refractivity contribution in [1.29, 1.82) is 0 Å². The average Bonchev–Trinajstić information content (AvgIpc) is 3.49. The Kier molecular flexibility index (Phi) is 5.42. The lowest BCUT2D eigenvalue weighted by Gasteiger charge is -2.14. The van der Waals surface area contributed by atoms with Crippen molar-refractivity contribution in [3.8, 4) is 22.8 Å². The molecule has 0 bridgehead atoms. The maximum atomic E-state index is 13.1. The van der Waals surface area contributed by atoms with E-state index in [1.54, 1.807) is 23.1 Å². The number of ether oxygens (including phenoxy) is 1. The zero-order valence-corrected chi connectivity index (χ0v) is 19.4. The topological polar surface area (TPSA) is 116 Å². The van der Waals surface area contributed by atoms with Crippen LogP contribution in [0.25, 0.3) is 28.0 Å². The van der Waals surface area contributed by atoms with Gasteiger partial charge in [-0.05, 0) is 42.7 Å². The summed E-state index contributed by atoms with van der Waals surface area (Å²) in [4.78, 5) is 20.9. The summed E-state index contributed by atoms with van der Waals surface area (Å²) in [6.07, 6.45) is -0.264. The molecule has 10 nitrogen and oxygen atoms in total. The Bertz CT molecular complexity index is 1700. The molecule has 0 saturated carbocycles. The Hall–Kier alpha value is -4.81. The summed E-state index contributed by atoms with van der Waals surface area (Å²) >= 11 is 0. The molecule has 2 N–H and O–H groups in total. The van der Waals surface area contributed by atoms with Crippen molar-refractivity contribution in [2.45, 2.75) is 19.6 Å². The molecular formula is C25H22F3N9O. The molecule has 5 rings (SSSR count). The largest absolute Gasteiger partial charge is 0.478 e. The third-order valence-electron chi connectivity index (χ3n) is 5.26. The summed E-state index contributed by atoms with van der Waals surface area (Å²) in [5.41, 5.74) is 2.71. The fourth-order valence-corrected chi connectivity index (χ4v) is 3.49. The smallest absolute Gasteiger partial charge is 0.405 e. The Morgan fingerprint density at radius 1 is 1.03 bits per heavy atom. The van der Waals surface area contributed by atoms with Crippen molar-refractivity contribution in [1.82, 2.24) is 34.7 Å². The van der Waals surface area contributed by atoms with Gasteiger partial charge in [0.25, 0.3) is 0 Å². The highest BCUT2D eigenvalue weighted by Crippen LogP contribution is 2.27. The lowest BCUT2D eigenvalue weighted by molar-refractivity contribution is -0.115. The van der Waals surface area contributed by atoms with Crippen LogP contribution < -0.4 is 15.4 Å². The van der Waals surface area contributed by atoms with Crippen molar-refractivity contribution in [2.24, 2.45) is 0 Å². The number of halogens is 3. The van der Waals surface area contributed by atoms with Gasteiger partial charge in [-0.1, -0.05) is 12.1 Å². The maximum absolute atomic E-state index is 13.1. The van der Waals surface area contributed by atoms with E-state index in [1.807, 2.05) is 24.3 Å². The van der Waals surface area contributed by atoms with Crippen molar-refractivity contribution in [3.05, 3.63) is 72.9 Å². The zero-order chi connectivity index (χ0) is 30.8. The first-order valence-corrected chi connectivity index (χ1v) is 11.1. The van der Waals surface area contributed by atoms with Gasteiger partial charge < -0.3 is 15.4 Å². The molecule has 0 aliphatic carbocycles. The minimum Gasteiger partial charge on any atom is -0.478 e. The summed E-state index contributed by atoms with van der Waals surface area (Å²) in [6, 6.07) is 13.2. The van der Waals surface area contributed by atoms with E-state index >= 15 is 0 Å². The molecule has 13 heteroatoms. The number of nitrogens with zero attached hydrogens (tertiary/aromatic N) is 7. The molecule has 0 atom stereocenters. The van der Waals surface area contributed by atoms with Crippen molar-refractivity contribution in [2.75, 3.05) is 23.7 Å². The number of rotatable bonds is 9. The minimum atomic E-state index is -4.52. The average molecular weight is 527 g/mol. The third-order valence-corrected chi connectivity index (χ3v) is 5.26. The molecule has 194 valence electrons. The molecule has 0 fully saturated rings. The van der Waals surface area contributed by atoms with Gasteiger partial charge in [0.2, 0.25) is 11.8 Å². The molecule has 4 aromatic heterocycles. The van der Waals surface area contributed by atoms with E-state index in [1.165, 1.54) is 24.7 Å². The number of fused-ring (bicyclic) bond motifs is 1. The van der Waals surface area contributed by atoms with E-state index in [-0.39, 0.29) is 35.2 Å². The SMILES string of the molecule is [2H]C([2H])([2H])C([2H])([2H])Oc1ccc(-c2ccc3nc(NCc4ccc(-n5cncn5)cc4)nc(NCC(F)(F)F)c3n2)cn1. The van der Waals surface area contributed by atoms with Gasteiger partial charge in [-0.2, -0.15) is 23.3 Å². The molecule has 0 saturated heterocycles. The zero-order valence-electron chi connectivity index (χ0n) is 24.4. The van der Waals surface area contributed by atoms with E-state index in [2.05, 4.69) is 40.7 Å². The van der Waals surface area contributed by atoms with Crippen LogP contribution in [0.15, 0.2) is 67.4 Å². The Morgan fingerprint density at radius 3 is 2.61 bits per heavy atom. The first kappa shape index (κ1) is 19.3. The number of anilines is 2. The normalized spacial score (nSPS) is 14.1. The first-order chi connectivity index (χ1) is 20.3. The first-order valence-electron chi connectivity index (χ1n) is 13.6. The molecule has 0 spiro atoms. The van der Waals surface area contributed by atoms with Gasteiger partial charge in [-0.15, -0.1) is 0 Å². The van der Waals surface area contributed by atoms with Crippen LogP contribution in [0.5, 0.6) is 5.88 Å². The summed E-state index contributed by atoms with van der Waals surface area (Å²) in [5, 5.41) is 9.39. The molecule has 0 unspecified atom stereocenters. The number of aromatic nitrogens is 7. The molecule has 0 radical (unpaired) electrons. The van der Waals surface area contributed by atoms with Gasteiger partial charge in [-0.3, -0.25) is 0 Å². The quantitative estimate of drug-likeness (QED) is 0.283. The van der Waals surface area contributed by atoms with E-state index in [9.17, 15) is 13.2 Å². The minimum absolute atomic E-state index is 0.0727. The molecule has 1 aromatic carbocycles. The fraction of sp³-hybridized carbons (Fsp3) is 0.200. The highest BCUT2D eigenvalue weighted by molar-refractivity contribution is 5.88. The second-order valence-corrected chi connectivity index (χ2v) is 7.88. The van der Waals surface area contributed by atoms with E-state index in [0.29, 0.717) is 11.3 Å². The molecule has 4 heterocycles. The van der Waals surface area contributed by atoms with Gasteiger partial charge in [0.15, 0.2) is 5.82 Å². The predicted molar refractivity (Wildman–Crippen MR) is 135 cm³/mol. The second-order valence-electron chi connectivity index (χ2n) is 7.88. The van der Waals surface area contributed by atoms with Crippen LogP contribution in [-0.2, 0) is 6.54 Å². The van der Waals surface area contributed by atoms with Gasteiger partial charge in [0.1, 0.15) is 24.7 Å². The van der Waals surface area contributed by atoms with Crippen LogP contribution >= 0.6 is 0 Å². The molecule has 0 amide bonds. The van der Waals surface area contributed by atoms with E-state index in [0.717, 1.165) is 11.3 Å². The number of nitrogens with one attached hydrogen (secondary N) is 2. The van der Waals surface area contributed by atoms with Gasteiger partial charge in [0, 0.05) is 28.5 Å². The number of pyridine rings is 2. The van der Waals surface area contributed by atoms with E-state index in [4.69, 9.17) is 11.6 Å². The Balaban J connectivity index is 1.38. The lowest BCUT2D eigenvalue weighted by atomic mass is 10.2. The van der Waals surface area contributed by atoms with E-state index < -0.39 is 26.1 Å². The van der Waals surface area contributed by atoms with Gasteiger partial charge in [-0.25, -0.2) is 24.6 Å². The highest BCUT2D eigenvalue weighted by Gasteiger charge is 2.27. The summed E-state index contributed by atoms with van der Waals surface area (Å²) in [7, 11) is 0. The molecule has 0 aliphatic heterocycles. The summed E-state index contributed by atoms with van der Waals surface area (Å²) in [6.45, 7) is -7.07. The second kappa shape index (κ2) is 10.7. The van der Waals surface area contributed by atoms with Crippen LogP contribution in [0.1, 0.15) is 19.3 Å². The van der Waals surface area contributed by atoms with Crippen LogP contribution in [0.2, 0.25) is 0 Å². The summed E-state index contributed by atoms with van der Waals surface area (Å²) in [5.74, 6) is -0.337. The number of benzene rings is 1. The standard InChI is InChI=1S/C25H22F3N9O/c1-2-38-21-10-5-17(12-30-21)19-8-9-20-22(34-19)23(32-13-25(26,27)28)36-24(35-20)31-11-16-3-6-18(7-4-16)37-15-29-14-33-37/h3-10,12,14-15H,2,11,13H2,1H3,(H2,31,32,35,36)/i1D3,2D2. The van der Waals surface area contributed by atoms with Crippen LogP contribution in [0, 0.1) is 0 Å². The van der Waals surface area contributed by atoms with Crippen LogP contribution in [0.3, 0.4) is 0 Å². The van der Waals surface area contributed by atoms with Crippen molar-refractivity contribution in [3.63, 3.8) is 0 Å². The fourth-order valence-electron chi connectivity index (χ4n) is 3.49. The molecular weight excluding hydrogens is 499 g/mol. The molecule has 0 aliphatic rings. The Morgan fingerprint density at radius 2 is 1.89 bits per heavy atom. The molecule has 5 aromatic rings. The number of alkyl halides is 3. The number of hydrogen-bond acceptors (Lipinski definition) is 9. The number of hydrogen-bond donors (Lipinski definition) is 2. The third kappa shape index (κ3) is 5.94. The highest BCUT2D eigenvalue weighted by atomic mass is 19.4. The van der Waals surface area contributed by atoms with Gasteiger partial charge >= 0.3 is 6.18 Å². The van der Waals surface area contributed by atoms with Crippen molar-refractivity contribution >= 4 is 22.8 Å². The Labute approximate surface area is 222 Å².